The van der Waals surface area contributed by atoms with Crippen LogP contribution in [-0.2, 0) is 10.5 Å². The third kappa shape index (κ3) is 3.88. The Kier molecular flexibility index (Phi) is 5.10. The van der Waals surface area contributed by atoms with Gasteiger partial charge in [-0.3, -0.25) is 0 Å². The molecule has 104 valence electrons. The molecule has 1 saturated heterocycles. The van der Waals surface area contributed by atoms with Gasteiger partial charge in [-0.2, -0.15) is 11.8 Å². The van der Waals surface area contributed by atoms with Gasteiger partial charge in [0.05, 0.1) is 18.8 Å². The van der Waals surface area contributed by atoms with Crippen LogP contribution in [0.25, 0.3) is 0 Å². The van der Waals surface area contributed by atoms with E-state index < -0.39 is 5.97 Å². The summed E-state index contributed by atoms with van der Waals surface area (Å²) in [7, 11) is 1.60. The number of methoxy groups -OCH3 is 1. The van der Waals surface area contributed by atoms with Crippen molar-refractivity contribution in [1.29, 1.82) is 0 Å². The molecule has 0 aromatic heterocycles. The first-order chi connectivity index (χ1) is 9.20. The summed E-state index contributed by atoms with van der Waals surface area (Å²) in [4.78, 5) is 11.0. The summed E-state index contributed by atoms with van der Waals surface area (Å²) in [5, 5.41) is 9.00. The number of benzene rings is 1. The number of carboxylic acid groups (broad SMARTS) is 1. The number of ether oxygens (including phenoxy) is 2. The number of hydrogen-bond donors (Lipinski definition) is 1. The SMILES string of the molecule is COc1ccc(C(=O)O)cc1CSCC1CCCO1. The predicted molar refractivity (Wildman–Crippen MR) is 75.1 cm³/mol. The van der Waals surface area contributed by atoms with Gasteiger partial charge < -0.3 is 14.6 Å². The molecule has 0 amide bonds. The average Bonchev–Trinajstić information content (AvgIpc) is 2.91. The van der Waals surface area contributed by atoms with Crippen LogP contribution in [0, 0.1) is 0 Å². The minimum absolute atomic E-state index is 0.300. The number of aromatic carboxylic acids is 1. The first kappa shape index (κ1) is 14.2. The molecule has 19 heavy (non-hydrogen) atoms. The number of rotatable bonds is 6. The fourth-order valence-corrected chi connectivity index (χ4v) is 3.19. The smallest absolute Gasteiger partial charge is 0.335 e. The van der Waals surface area contributed by atoms with Crippen LogP contribution in [0.2, 0.25) is 0 Å². The van der Waals surface area contributed by atoms with Gasteiger partial charge >= 0.3 is 5.97 Å². The van der Waals surface area contributed by atoms with Crippen LogP contribution in [0.3, 0.4) is 0 Å². The van der Waals surface area contributed by atoms with Crippen LogP contribution < -0.4 is 4.74 Å². The van der Waals surface area contributed by atoms with Crippen molar-refractivity contribution < 1.29 is 19.4 Å². The van der Waals surface area contributed by atoms with Crippen molar-refractivity contribution in [3.63, 3.8) is 0 Å². The molecule has 0 saturated carbocycles. The van der Waals surface area contributed by atoms with E-state index in [0.717, 1.165) is 42.3 Å². The number of hydrogen-bond acceptors (Lipinski definition) is 4. The van der Waals surface area contributed by atoms with Gasteiger partial charge in [-0.15, -0.1) is 0 Å². The van der Waals surface area contributed by atoms with Crippen LogP contribution in [0.15, 0.2) is 18.2 Å². The lowest BCUT2D eigenvalue weighted by molar-refractivity contribution is 0.0696. The largest absolute Gasteiger partial charge is 0.496 e. The van der Waals surface area contributed by atoms with Gasteiger partial charge in [-0.25, -0.2) is 4.79 Å². The van der Waals surface area contributed by atoms with Gasteiger partial charge in [0, 0.05) is 23.7 Å². The molecule has 1 N–H and O–H groups in total. The third-order valence-corrected chi connectivity index (χ3v) is 4.24. The first-order valence-corrected chi connectivity index (χ1v) is 7.45. The summed E-state index contributed by atoms with van der Waals surface area (Å²) >= 11 is 1.76. The predicted octanol–water partition coefficient (Wildman–Crippen LogP) is 2.81. The molecule has 1 aromatic carbocycles. The van der Waals surface area contributed by atoms with E-state index in [1.54, 1.807) is 37.1 Å². The summed E-state index contributed by atoms with van der Waals surface area (Å²) in [6.45, 7) is 0.864. The Morgan fingerprint density at radius 3 is 3.05 bits per heavy atom. The van der Waals surface area contributed by atoms with Crippen molar-refractivity contribution in [1.82, 2.24) is 0 Å². The molecule has 1 aliphatic heterocycles. The molecule has 1 aromatic rings. The zero-order chi connectivity index (χ0) is 13.7. The zero-order valence-corrected chi connectivity index (χ0v) is 11.7. The van der Waals surface area contributed by atoms with Gasteiger partial charge in [-0.1, -0.05) is 0 Å². The highest BCUT2D eigenvalue weighted by molar-refractivity contribution is 7.98. The van der Waals surface area contributed by atoms with Crippen LogP contribution in [-0.4, -0.2) is 36.6 Å². The molecule has 4 nitrogen and oxygen atoms in total. The second-order valence-corrected chi connectivity index (χ2v) is 5.51. The van der Waals surface area contributed by atoms with E-state index in [1.807, 2.05) is 0 Å². The Bertz CT molecular complexity index is 441. The van der Waals surface area contributed by atoms with E-state index >= 15 is 0 Å². The van der Waals surface area contributed by atoms with Crippen molar-refractivity contribution in [3.8, 4) is 5.75 Å². The number of carboxylic acids is 1. The lowest BCUT2D eigenvalue weighted by Crippen LogP contribution is -2.08. The van der Waals surface area contributed by atoms with Gasteiger partial charge in [0.1, 0.15) is 5.75 Å². The number of carbonyl (C=O) groups is 1. The molecule has 0 bridgehead atoms. The van der Waals surface area contributed by atoms with Crippen molar-refractivity contribution >= 4 is 17.7 Å². The second-order valence-electron chi connectivity index (χ2n) is 4.48. The fraction of sp³-hybridized carbons (Fsp3) is 0.500. The van der Waals surface area contributed by atoms with E-state index in [4.69, 9.17) is 14.6 Å². The molecule has 1 heterocycles. The molecule has 0 spiro atoms. The molecular formula is C14H18O4S. The van der Waals surface area contributed by atoms with Gasteiger partial charge in [0.15, 0.2) is 0 Å². The molecule has 2 rings (SSSR count). The summed E-state index contributed by atoms with van der Waals surface area (Å²) in [6.07, 6.45) is 2.61. The van der Waals surface area contributed by atoms with E-state index in [-0.39, 0.29) is 0 Å². The quantitative estimate of drug-likeness (QED) is 0.869. The monoisotopic (exact) mass is 282 g/mol. The molecular weight excluding hydrogens is 264 g/mol. The highest BCUT2D eigenvalue weighted by Gasteiger charge is 2.16. The van der Waals surface area contributed by atoms with Crippen molar-refractivity contribution in [2.24, 2.45) is 0 Å². The standard InChI is InChI=1S/C14H18O4S/c1-17-13-5-4-10(14(15)16)7-11(13)8-19-9-12-3-2-6-18-12/h4-5,7,12H,2-3,6,8-9H2,1H3,(H,15,16). The maximum absolute atomic E-state index is 11.0. The Balaban J connectivity index is 1.96. The minimum atomic E-state index is -0.909. The first-order valence-electron chi connectivity index (χ1n) is 6.30. The van der Waals surface area contributed by atoms with Gasteiger partial charge in [-0.05, 0) is 31.0 Å². The van der Waals surface area contributed by atoms with E-state index in [9.17, 15) is 4.79 Å². The molecule has 0 aliphatic carbocycles. The van der Waals surface area contributed by atoms with Gasteiger partial charge in [0.25, 0.3) is 0 Å². The van der Waals surface area contributed by atoms with Crippen LogP contribution in [0.1, 0.15) is 28.8 Å². The summed E-state index contributed by atoms with van der Waals surface area (Å²) < 4.78 is 10.8. The summed E-state index contributed by atoms with van der Waals surface area (Å²) in [6, 6.07) is 4.96. The summed E-state index contributed by atoms with van der Waals surface area (Å²) in [5.74, 6) is 1.52. The Morgan fingerprint density at radius 1 is 1.58 bits per heavy atom. The molecule has 1 atom stereocenters. The minimum Gasteiger partial charge on any atom is -0.496 e. The highest BCUT2D eigenvalue weighted by Crippen LogP contribution is 2.26. The van der Waals surface area contributed by atoms with Crippen molar-refractivity contribution in [2.75, 3.05) is 19.5 Å². The Morgan fingerprint density at radius 2 is 2.42 bits per heavy atom. The lowest BCUT2D eigenvalue weighted by Gasteiger charge is -2.11. The normalized spacial score (nSPS) is 18.5. The average molecular weight is 282 g/mol. The van der Waals surface area contributed by atoms with E-state index in [2.05, 4.69) is 0 Å². The zero-order valence-electron chi connectivity index (χ0n) is 10.9. The Labute approximate surface area is 117 Å². The maximum Gasteiger partial charge on any atom is 0.335 e. The molecule has 0 radical (unpaired) electrons. The maximum atomic E-state index is 11.0. The topological polar surface area (TPSA) is 55.8 Å². The van der Waals surface area contributed by atoms with E-state index in [1.165, 1.54) is 0 Å². The van der Waals surface area contributed by atoms with Crippen LogP contribution >= 0.6 is 11.8 Å². The van der Waals surface area contributed by atoms with Crippen molar-refractivity contribution in [3.05, 3.63) is 29.3 Å². The fourth-order valence-electron chi connectivity index (χ4n) is 2.10. The Hall–Kier alpha value is -1.20. The molecule has 1 aliphatic rings. The second kappa shape index (κ2) is 6.82. The third-order valence-electron chi connectivity index (χ3n) is 3.11. The lowest BCUT2D eigenvalue weighted by atomic mass is 10.1. The van der Waals surface area contributed by atoms with E-state index in [0.29, 0.717) is 11.7 Å². The number of thioether (sulfide) groups is 1. The highest BCUT2D eigenvalue weighted by atomic mass is 32.2. The molecule has 1 fully saturated rings. The van der Waals surface area contributed by atoms with Crippen molar-refractivity contribution in [2.45, 2.75) is 24.7 Å². The molecule has 1 unspecified atom stereocenters. The molecule has 5 heteroatoms. The summed E-state index contributed by atoms with van der Waals surface area (Å²) in [5.41, 5.74) is 1.22. The van der Waals surface area contributed by atoms with Crippen LogP contribution in [0.4, 0.5) is 0 Å². The van der Waals surface area contributed by atoms with Gasteiger partial charge in [0.2, 0.25) is 0 Å². The van der Waals surface area contributed by atoms with Crippen LogP contribution in [0.5, 0.6) is 5.75 Å².